The van der Waals surface area contributed by atoms with Crippen molar-refractivity contribution in [2.24, 2.45) is 0 Å². The first-order valence-electron chi connectivity index (χ1n) is 4.61. The maximum Gasteiger partial charge on any atom is 0.229 e. The normalized spacial score (nSPS) is 10.8. The molecule has 1 aromatic heterocycles. The number of hydrogen-bond acceptors (Lipinski definition) is 3. The van der Waals surface area contributed by atoms with Crippen LogP contribution in [0.3, 0.4) is 0 Å². The molecule has 0 fully saturated rings. The van der Waals surface area contributed by atoms with Gasteiger partial charge in [-0.3, -0.25) is 0 Å². The van der Waals surface area contributed by atoms with Crippen LogP contribution < -0.4 is 0 Å². The summed E-state index contributed by atoms with van der Waals surface area (Å²) in [6.45, 7) is 3.65. The summed E-state index contributed by atoms with van der Waals surface area (Å²) in [5.74, 6) is 1.10. The molecule has 1 heterocycles. The van der Waals surface area contributed by atoms with Gasteiger partial charge in [-0.2, -0.15) is 0 Å². The maximum absolute atomic E-state index is 9.31. The van der Waals surface area contributed by atoms with Crippen molar-refractivity contribution in [1.82, 2.24) is 4.98 Å². The quantitative estimate of drug-likeness (QED) is 0.841. The summed E-state index contributed by atoms with van der Waals surface area (Å²) in [7, 11) is 0. The van der Waals surface area contributed by atoms with Crippen LogP contribution in [-0.2, 0) is 0 Å². The lowest BCUT2D eigenvalue weighted by Gasteiger charge is -2.03. The number of hydrogen-bond donors (Lipinski definition) is 1. The van der Waals surface area contributed by atoms with Crippen LogP contribution in [0, 0.1) is 13.8 Å². The lowest BCUT2D eigenvalue weighted by Crippen LogP contribution is -1.82. The predicted molar refractivity (Wildman–Crippen MR) is 63.1 cm³/mol. The van der Waals surface area contributed by atoms with Gasteiger partial charge in [0.2, 0.25) is 5.89 Å². The highest BCUT2D eigenvalue weighted by Crippen LogP contribution is 2.37. The third-order valence-electron chi connectivity index (χ3n) is 2.27. The predicted octanol–water partition coefficient (Wildman–Crippen LogP) is 3.97. The molecule has 0 aliphatic carbocycles. The number of aromatic hydroxyl groups is 1. The van der Waals surface area contributed by atoms with Gasteiger partial charge in [-0.25, -0.2) is 4.98 Å². The minimum atomic E-state index is 0.0127. The molecule has 84 valence electrons. The number of phenolic OH excluding ortho intramolecular Hbond substituents is 1. The summed E-state index contributed by atoms with van der Waals surface area (Å²) in [5, 5.41) is 9.93. The van der Waals surface area contributed by atoms with E-state index in [-0.39, 0.29) is 5.75 Å². The Labute approximate surface area is 103 Å². The Bertz CT molecular complexity index is 506. The van der Waals surface area contributed by atoms with Crippen LogP contribution in [0.4, 0.5) is 0 Å². The van der Waals surface area contributed by atoms with Crippen molar-refractivity contribution in [3.63, 3.8) is 0 Å². The second kappa shape index (κ2) is 4.00. The molecule has 1 N–H and O–H groups in total. The van der Waals surface area contributed by atoms with Crippen molar-refractivity contribution in [1.29, 1.82) is 0 Å². The van der Waals surface area contributed by atoms with Crippen LogP contribution in [-0.4, -0.2) is 10.1 Å². The van der Waals surface area contributed by atoms with Gasteiger partial charge in [-0.1, -0.05) is 23.2 Å². The molecule has 0 unspecified atom stereocenters. The Kier molecular flexibility index (Phi) is 2.82. The van der Waals surface area contributed by atoms with E-state index in [1.54, 1.807) is 0 Å². The smallest absolute Gasteiger partial charge is 0.229 e. The number of aromatic nitrogens is 1. The number of phenols is 1. The first kappa shape index (κ1) is 11.3. The minimum Gasteiger partial charge on any atom is -0.508 e. The SMILES string of the molecule is Cc1nc(-c2c(Cl)cc(O)cc2Cl)oc1C. The summed E-state index contributed by atoms with van der Waals surface area (Å²) in [5.41, 5.74) is 1.28. The number of aryl methyl sites for hydroxylation is 2. The van der Waals surface area contributed by atoms with Gasteiger partial charge < -0.3 is 9.52 Å². The van der Waals surface area contributed by atoms with E-state index in [0.717, 1.165) is 11.5 Å². The largest absolute Gasteiger partial charge is 0.508 e. The first-order valence-corrected chi connectivity index (χ1v) is 5.37. The number of benzene rings is 1. The Hall–Kier alpha value is -1.19. The zero-order valence-corrected chi connectivity index (χ0v) is 10.2. The number of rotatable bonds is 1. The van der Waals surface area contributed by atoms with Gasteiger partial charge in [-0.05, 0) is 26.0 Å². The Balaban J connectivity index is 2.64. The Morgan fingerprint density at radius 2 is 1.75 bits per heavy atom. The summed E-state index contributed by atoms with van der Waals surface area (Å²) in [6.07, 6.45) is 0. The standard InChI is InChI=1S/C11H9Cl2NO2/c1-5-6(2)16-11(14-5)10-8(12)3-7(15)4-9(10)13/h3-4,15H,1-2H3. The van der Waals surface area contributed by atoms with Gasteiger partial charge in [0.15, 0.2) is 0 Å². The van der Waals surface area contributed by atoms with Crippen molar-refractivity contribution in [2.45, 2.75) is 13.8 Å². The van der Waals surface area contributed by atoms with Crippen molar-refractivity contribution < 1.29 is 9.52 Å². The van der Waals surface area contributed by atoms with E-state index < -0.39 is 0 Å². The molecule has 0 bridgehead atoms. The number of oxazole rings is 1. The third kappa shape index (κ3) is 1.88. The molecule has 0 aliphatic heterocycles. The number of halogens is 2. The number of nitrogens with zero attached hydrogens (tertiary/aromatic N) is 1. The summed E-state index contributed by atoms with van der Waals surface area (Å²) >= 11 is 12.0. The van der Waals surface area contributed by atoms with Gasteiger partial charge in [0.25, 0.3) is 0 Å². The molecule has 0 atom stereocenters. The van der Waals surface area contributed by atoms with Gasteiger partial charge in [0.05, 0.1) is 21.3 Å². The highest BCUT2D eigenvalue weighted by atomic mass is 35.5. The van der Waals surface area contributed by atoms with Gasteiger partial charge in [-0.15, -0.1) is 0 Å². The van der Waals surface area contributed by atoms with E-state index in [1.165, 1.54) is 12.1 Å². The van der Waals surface area contributed by atoms with Crippen molar-refractivity contribution in [3.05, 3.63) is 33.6 Å². The van der Waals surface area contributed by atoms with Crippen molar-refractivity contribution >= 4 is 23.2 Å². The van der Waals surface area contributed by atoms with Crippen molar-refractivity contribution in [2.75, 3.05) is 0 Å². The van der Waals surface area contributed by atoms with E-state index >= 15 is 0 Å². The topological polar surface area (TPSA) is 46.3 Å². The van der Waals surface area contributed by atoms with E-state index in [2.05, 4.69) is 4.98 Å². The molecular formula is C11H9Cl2NO2. The molecule has 0 aliphatic rings. The molecule has 1 aromatic carbocycles. The average molecular weight is 258 g/mol. The highest BCUT2D eigenvalue weighted by Gasteiger charge is 2.16. The monoisotopic (exact) mass is 257 g/mol. The first-order chi connectivity index (χ1) is 7.49. The summed E-state index contributed by atoms with van der Waals surface area (Å²) in [4.78, 5) is 4.21. The van der Waals surface area contributed by atoms with E-state index in [0.29, 0.717) is 21.5 Å². The minimum absolute atomic E-state index is 0.0127. The fraction of sp³-hybridized carbons (Fsp3) is 0.182. The molecule has 2 rings (SSSR count). The molecule has 0 saturated heterocycles. The zero-order chi connectivity index (χ0) is 11.9. The molecule has 5 heteroatoms. The molecule has 2 aromatic rings. The van der Waals surface area contributed by atoms with Crippen molar-refractivity contribution in [3.8, 4) is 17.2 Å². The van der Waals surface area contributed by atoms with Gasteiger partial charge >= 0.3 is 0 Å². The van der Waals surface area contributed by atoms with Gasteiger partial charge in [0, 0.05) is 0 Å². The van der Waals surface area contributed by atoms with Crippen LogP contribution in [0.2, 0.25) is 10.0 Å². The molecule has 0 radical (unpaired) electrons. The molecular weight excluding hydrogens is 249 g/mol. The average Bonchev–Trinajstić information content (AvgIpc) is 2.44. The zero-order valence-electron chi connectivity index (χ0n) is 8.71. The highest BCUT2D eigenvalue weighted by molar-refractivity contribution is 6.39. The molecule has 0 saturated carbocycles. The van der Waals surface area contributed by atoms with Gasteiger partial charge in [0.1, 0.15) is 11.5 Å². The maximum atomic E-state index is 9.31. The van der Waals surface area contributed by atoms with E-state index in [4.69, 9.17) is 27.6 Å². The molecule has 0 spiro atoms. The van der Waals surface area contributed by atoms with Crippen LogP contribution in [0.5, 0.6) is 5.75 Å². The lowest BCUT2D eigenvalue weighted by molar-refractivity contribution is 0.475. The second-order valence-electron chi connectivity index (χ2n) is 3.45. The van der Waals surface area contributed by atoms with Crippen LogP contribution in [0.1, 0.15) is 11.5 Å². The molecule has 3 nitrogen and oxygen atoms in total. The summed E-state index contributed by atoms with van der Waals surface area (Å²) < 4.78 is 5.44. The van der Waals surface area contributed by atoms with E-state index in [1.807, 2.05) is 13.8 Å². The fourth-order valence-corrected chi connectivity index (χ4v) is 1.98. The molecule has 0 amide bonds. The van der Waals surface area contributed by atoms with Crippen LogP contribution in [0.15, 0.2) is 16.5 Å². The summed E-state index contributed by atoms with van der Waals surface area (Å²) in [6, 6.07) is 2.80. The Morgan fingerprint density at radius 3 is 2.19 bits per heavy atom. The molecule has 16 heavy (non-hydrogen) atoms. The third-order valence-corrected chi connectivity index (χ3v) is 2.87. The van der Waals surface area contributed by atoms with Crippen LogP contribution in [0.25, 0.3) is 11.5 Å². The lowest BCUT2D eigenvalue weighted by atomic mass is 10.2. The Morgan fingerprint density at radius 1 is 1.19 bits per heavy atom. The second-order valence-corrected chi connectivity index (χ2v) is 4.26. The fourth-order valence-electron chi connectivity index (χ4n) is 1.34. The van der Waals surface area contributed by atoms with E-state index in [9.17, 15) is 5.11 Å². The van der Waals surface area contributed by atoms with Crippen LogP contribution >= 0.6 is 23.2 Å².